The fourth-order valence-electron chi connectivity index (χ4n) is 4.73. The smallest absolute Gasteiger partial charge is 0.227 e. The SMILES string of the molecule is c1ccc(-c2nc3c(N(c4ccccc4)c4ccccc4)c4c(cc3o2)oc2ccccc24)cc1. The van der Waals surface area contributed by atoms with Crippen LogP contribution < -0.4 is 4.90 Å². The van der Waals surface area contributed by atoms with Crippen molar-refractivity contribution >= 4 is 50.1 Å². The van der Waals surface area contributed by atoms with E-state index >= 15 is 0 Å². The Balaban J connectivity index is 1.64. The Labute approximate surface area is 201 Å². The zero-order chi connectivity index (χ0) is 23.2. The molecule has 0 unspecified atom stereocenters. The average molecular weight is 453 g/mol. The molecule has 7 rings (SSSR count). The summed E-state index contributed by atoms with van der Waals surface area (Å²) in [5.74, 6) is 0.583. The molecule has 0 spiro atoms. The summed E-state index contributed by atoms with van der Waals surface area (Å²) in [7, 11) is 0. The normalized spacial score (nSPS) is 11.4. The molecule has 0 saturated carbocycles. The summed E-state index contributed by atoms with van der Waals surface area (Å²) in [6.45, 7) is 0. The largest absolute Gasteiger partial charge is 0.456 e. The third kappa shape index (κ3) is 3.19. The lowest BCUT2D eigenvalue weighted by atomic mass is 10.1. The number of nitrogens with zero attached hydrogens (tertiary/aromatic N) is 2. The van der Waals surface area contributed by atoms with E-state index in [1.807, 2.05) is 91.0 Å². The standard InChI is InChI=1S/C31H20N2O2/c1-4-12-21(13-5-1)31-32-29-27(35-31)20-26-28(24-18-10-11-19-25(24)34-26)30(29)33(22-14-6-2-7-15-22)23-16-8-3-9-17-23/h1-20H. The topological polar surface area (TPSA) is 42.4 Å². The summed E-state index contributed by atoms with van der Waals surface area (Å²) in [4.78, 5) is 7.28. The molecule has 0 bridgehead atoms. The molecule has 5 aromatic carbocycles. The van der Waals surface area contributed by atoms with Gasteiger partial charge in [0.1, 0.15) is 16.7 Å². The number of anilines is 3. The van der Waals surface area contributed by atoms with Crippen molar-refractivity contribution in [2.75, 3.05) is 4.90 Å². The van der Waals surface area contributed by atoms with Gasteiger partial charge in [-0.05, 0) is 42.5 Å². The Morgan fingerprint density at radius 1 is 0.543 bits per heavy atom. The van der Waals surface area contributed by atoms with Gasteiger partial charge in [-0.1, -0.05) is 72.8 Å². The molecule has 7 aromatic rings. The van der Waals surface area contributed by atoms with Gasteiger partial charge in [0, 0.05) is 28.4 Å². The first-order chi connectivity index (χ1) is 17.4. The molecule has 0 aliphatic carbocycles. The monoisotopic (exact) mass is 452 g/mol. The number of aromatic nitrogens is 1. The van der Waals surface area contributed by atoms with Gasteiger partial charge in [0.2, 0.25) is 5.89 Å². The summed E-state index contributed by atoms with van der Waals surface area (Å²) in [6.07, 6.45) is 0. The predicted octanol–water partition coefficient (Wildman–Crippen LogP) is 8.86. The second-order valence-electron chi connectivity index (χ2n) is 8.43. The summed E-state index contributed by atoms with van der Waals surface area (Å²) in [5.41, 5.74) is 7.00. The average Bonchev–Trinajstić information content (AvgIpc) is 3.52. The van der Waals surface area contributed by atoms with Crippen LogP contribution in [0.3, 0.4) is 0 Å². The van der Waals surface area contributed by atoms with Crippen molar-refractivity contribution in [1.82, 2.24) is 4.98 Å². The molecule has 2 aromatic heterocycles. The molecule has 2 heterocycles. The van der Waals surface area contributed by atoms with Gasteiger partial charge in [-0.15, -0.1) is 0 Å². The fraction of sp³-hybridized carbons (Fsp3) is 0. The van der Waals surface area contributed by atoms with Crippen LogP contribution in [0.15, 0.2) is 130 Å². The van der Waals surface area contributed by atoms with Crippen molar-refractivity contribution in [2.24, 2.45) is 0 Å². The van der Waals surface area contributed by atoms with E-state index in [0.717, 1.165) is 50.1 Å². The van der Waals surface area contributed by atoms with Crippen LogP contribution >= 0.6 is 0 Å². The molecule has 0 amide bonds. The molecule has 166 valence electrons. The number of para-hydroxylation sites is 3. The first kappa shape index (κ1) is 19.6. The van der Waals surface area contributed by atoms with Crippen LogP contribution in [-0.2, 0) is 0 Å². The highest BCUT2D eigenvalue weighted by atomic mass is 16.4. The summed E-state index contributed by atoms with van der Waals surface area (Å²) >= 11 is 0. The molecule has 0 fully saturated rings. The number of hydrogen-bond acceptors (Lipinski definition) is 4. The number of benzene rings is 5. The van der Waals surface area contributed by atoms with Crippen molar-refractivity contribution in [3.8, 4) is 11.5 Å². The van der Waals surface area contributed by atoms with Gasteiger partial charge in [-0.2, -0.15) is 0 Å². The third-order valence-corrected chi connectivity index (χ3v) is 6.27. The van der Waals surface area contributed by atoms with E-state index in [1.165, 1.54) is 0 Å². The lowest BCUT2D eigenvalue weighted by molar-refractivity contribution is 0.617. The highest BCUT2D eigenvalue weighted by molar-refractivity contribution is 6.20. The quantitative estimate of drug-likeness (QED) is 0.267. The molecule has 0 aliphatic heterocycles. The summed E-state index contributed by atoms with van der Waals surface area (Å²) < 4.78 is 12.6. The Bertz CT molecular complexity index is 1750. The molecule has 0 aliphatic rings. The minimum absolute atomic E-state index is 0.583. The molecule has 0 saturated heterocycles. The van der Waals surface area contributed by atoms with Gasteiger partial charge in [-0.3, -0.25) is 0 Å². The number of rotatable bonds is 4. The molecule has 35 heavy (non-hydrogen) atoms. The first-order valence-electron chi connectivity index (χ1n) is 11.6. The van der Waals surface area contributed by atoms with E-state index in [9.17, 15) is 0 Å². The minimum atomic E-state index is 0.583. The molecule has 0 atom stereocenters. The summed E-state index contributed by atoms with van der Waals surface area (Å²) in [6, 6.07) is 40.8. The van der Waals surface area contributed by atoms with Crippen molar-refractivity contribution in [1.29, 1.82) is 0 Å². The van der Waals surface area contributed by atoms with Gasteiger partial charge in [0.05, 0.1) is 11.1 Å². The predicted molar refractivity (Wildman–Crippen MR) is 141 cm³/mol. The Kier molecular flexibility index (Phi) is 4.42. The zero-order valence-electron chi connectivity index (χ0n) is 18.8. The van der Waals surface area contributed by atoms with Crippen molar-refractivity contribution in [2.45, 2.75) is 0 Å². The maximum atomic E-state index is 6.32. The lowest BCUT2D eigenvalue weighted by Crippen LogP contribution is -2.10. The molecule has 0 N–H and O–H groups in total. The van der Waals surface area contributed by atoms with E-state index in [0.29, 0.717) is 11.5 Å². The first-order valence-corrected chi connectivity index (χ1v) is 11.6. The van der Waals surface area contributed by atoms with Crippen LogP contribution in [-0.4, -0.2) is 4.98 Å². The Hall–Kier alpha value is -4.83. The van der Waals surface area contributed by atoms with Crippen LogP contribution in [0, 0.1) is 0 Å². The van der Waals surface area contributed by atoms with Crippen molar-refractivity contribution in [3.63, 3.8) is 0 Å². The van der Waals surface area contributed by atoms with Gasteiger partial charge < -0.3 is 13.7 Å². The fourth-order valence-corrected chi connectivity index (χ4v) is 4.73. The molecule has 4 nitrogen and oxygen atoms in total. The van der Waals surface area contributed by atoms with Crippen LogP contribution in [0.4, 0.5) is 17.1 Å². The van der Waals surface area contributed by atoms with Crippen molar-refractivity contribution < 1.29 is 8.83 Å². The van der Waals surface area contributed by atoms with Crippen LogP contribution in [0.25, 0.3) is 44.5 Å². The highest BCUT2D eigenvalue weighted by Gasteiger charge is 2.25. The van der Waals surface area contributed by atoms with Gasteiger partial charge >= 0.3 is 0 Å². The van der Waals surface area contributed by atoms with E-state index in [1.54, 1.807) is 0 Å². The van der Waals surface area contributed by atoms with E-state index in [2.05, 4.69) is 35.2 Å². The summed E-state index contributed by atoms with van der Waals surface area (Å²) in [5, 5.41) is 2.05. The highest BCUT2D eigenvalue weighted by Crippen LogP contribution is 2.47. The number of fused-ring (bicyclic) bond motifs is 4. The van der Waals surface area contributed by atoms with E-state index in [4.69, 9.17) is 13.8 Å². The lowest BCUT2D eigenvalue weighted by Gasteiger charge is -2.26. The second-order valence-corrected chi connectivity index (χ2v) is 8.43. The molecule has 0 radical (unpaired) electrons. The zero-order valence-corrected chi connectivity index (χ0v) is 18.8. The maximum Gasteiger partial charge on any atom is 0.227 e. The van der Waals surface area contributed by atoms with Crippen LogP contribution in [0.1, 0.15) is 0 Å². The van der Waals surface area contributed by atoms with Crippen molar-refractivity contribution in [3.05, 3.63) is 121 Å². The second kappa shape index (κ2) is 7.89. The minimum Gasteiger partial charge on any atom is -0.456 e. The number of furan rings is 1. The van der Waals surface area contributed by atoms with Gasteiger partial charge in [0.15, 0.2) is 5.58 Å². The van der Waals surface area contributed by atoms with Crippen LogP contribution in [0.2, 0.25) is 0 Å². The van der Waals surface area contributed by atoms with Crippen LogP contribution in [0.5, 0.6) is 0 Å². The maximum absolute atomic E-state index is 6.32. The third-order valence-electron chi connectivity index (χ3n) is 6.27. The van der Waals surface area contributed by atoms with E-state index in [-0.39, 0.29) is 0 Å². The molecular formula is C31H20N2O2. The van der Waals surface area contributed by atoms with E-state index < -0.39 is 0 Å². The number of oxazole rings is 1. The Morgan fingerprint density at radius 3 is 1.83 bits per heavy atom. The Morgan fingerprint density at radius 2 is 1.14 bits per heavy atom. The van der Waals surface area contributed by atoms with Gasteiger partial charge in [0.25, 0.3) is 0 Å². The number of hydrogen-bond donors (Lipinski definition) is 0. The molecular weight excluding hydrogens is 432 g/mol. The molecule has 4 heteroatoms. The van der Waals surface area contributed by atoms with Gasteiger partial charge in [-0.25, -0.2) is 4.98 Å².